The third-order valence-corrected chi connectivity index (χ3v) is 5.00. The average Bonchev–Trinajstić information content (AvgIpc) is 2.48. The van der Waals surface area contributed by atoms with E-state index in [0.717, 1.165) is 0 Å². The monoisotopic (exact) mass is 239 g/mol. The fourth-order valence-electron chi connectivity index (χ4n) is 3.12. The summed E-state index contributed by atoms with van der Waals surface area (Å²) in [5, 5.41) is 8.66. The first-order valence-corrected chi connectivity index (χ1v) is 6.18. The lowest BCUT2D eigenvalue weighted by atomic mass is 9.95. The number of amides is 1. The Morgan fingerprint density at radius 1 is 1.18 bits per heavy atom. The highest BCUT2D eigenvalue weighted by atomic mass is 16.4. The second kappa shape index (κ2) is 3.47. The molecule has 0 aromatic carbocycles. The predicted octanol–water partition coefficient (Wildman–Crippen LogP) is 1.60. The number of likely N-dealkylation sites (tertiary alicyclic amines) is 1. The molecule has 0 aromatic rings. The van der Waals surface area contributed by atoms with Gasteiger partial charge in [0.25, 0.3) is 0 Å². The van der Waals surface area contributed by atoms with Gasteiger partial charge in [0.2, 0.25) is 5.91 Å². The van der Waals surface area contributed by atoms with Crippen molar-refractivity contribution in [2.75, 3.05) is 13.1 Å². The molecular formula is C13H21NO3. The van der Waals surface area contributed by atoms with Crippen LogP contribution in [0.4, 0.5) is 0 Å². The highest BCUT2D eigenvalue weighted by Crippen LogP contribution is 2.69. The third-order valence-electron chi connectivity index (χ3n) is 5.00. The minimum atomic E-state index is -0.769. The zero-order valence-corrected chi connectivity index (χ0v) is 11.0. The number of rotatable bonds is 3. The van der Waals surface area contributed by atoms with Crippen LogP contribution in [0.25, 0.3) is 0 Å². The van der Waals surface area contributed by atoms with Crippen LogP contribution in [0.5, 0.6) is 0 Å². The minimum Gasteiger partial charge on any atom is -0.481 e. The Morgan fingerprint density at radius 3 is 2.00 bits per heavy atom. The van der Waals surface area contributed by atoms with Crippen molar-refractivity contribution in [3.05, 3.63) is 0 Å². The molecule has 0 bridgehead atoms. The van der Waals surface area contributed by atoms with Gasteiger partial charge in [-0.1, -0.05) is 27.7 Å². The summed E-state index contributed by atoms with van der Waals surface area (Å²) >= 11 is 0. The topological polar surface area (TPSA) is 57.6 Å². The Balaban J connectivity index is 1.87. The van der Waals surface area contributed by atoms with Crippen molar-refractivity contribution in [3.63, 3.8) is 0 Å². The van der Waals surface area contributed by atoms with E-state index >= 15 is 0 Å². The maximum absolute atomic E-state index is 12.2. The molecule has 0 spiro atoms. The van der Waals surface area contributed by atoms with E-state index in [1.807, 2.05) is 4.90 Å². The smallest absolute Gasteiger partial charge is 0.303 e. The standard InChI is InChI=1S/C13H21NO3/c1-12(2)10(13(12,3)4)11(17)14-6-8(7-14)5-9(15)16/h8,10H,5-7H2,1-4H3,(H,15,16). The molecule has 2 aliphatic rings. The second-order valence-corrected chi connectivity index (χ2v) is 6.58. The van der Waals surface area contributed by atoms with E-state index in [2.05, 4.69) is 27.7 Å². The molecule has 1 N–H and O–H groups in total. The molecule has 0 aromatic heterocycles. The summed E-state index contributed by atoms with van der Waals surface area (Å²) in [5.74, 6) is -0.307. The van der Waals surface area contributed by atoms with Crippen molar-refractivity contribution < 1.29 is 14.7 Å². The lowest BCUT2D eigenvalue weighted by Gasteiger charge is -2.39. The molecule has 1 amide bonds. The molecule has 0 atom stereocenters. The van der Waals surface area contributed by atoms with Gasteiger partial charge in [0, 0.05) is 24.9 Å². The van der Waals surface area contributed by atoms with Crippen molar-refractivity contribution in [3.8, 4) is 0 Å². The van der Waals surface area contributed by atoms with E-state index in [1.54, 1.807) is 0 Å². The molecule has 96 valence electrons. The molecule has 4 nitrogen and oxygen atoms in total. The molecule has 0 unspecified atom stereocenters. The van der Waals surface area contributed by atoms with Gasteiger partial charge in [0.1, 0.15) is 0 Å². The number of carboxylic acids is 1. The molecule has 1 heterocycles. The highest BCUT2D eigenvalue weighted by molar-refractivity contribution is 5.85. The van der Waals surface area contributed by atoms with Gasteiger partial charge in [-0.3, -0.25) is 9.59 Å². The Labute approximate surface area is 102 Å². The summed E-state index contributed by atoms with van der Waals surface area (Å²) in [6.07, 6.45) is 0.182. The van der Waals surface area contributed by atoms with Crippen LogP contribution in [0.2, 0.25) is 0 Å². The van der Waals surface area contributed by atoms with Gasteiger partial charge in [-0.15, -0.1) is 0 Å². The van der Waals surface area contributed by atoms with Crippen LogP contribution in [-0.2, 0) is 9.59 Å². The van der Waals surface area contributed by atoms with Crippen molar-refractivity contribution >= 4 is 11.9 Å². The molecular weight excluding hydrogens is 218 g/mol. The van der Waals surface area contributed by atoms with Crippen LogP contribution in [0.3, 0.4) is 0 Å². The maximum atomic E-state index is 12.2. The molecule has 17 heavy (non-hydrogen) atoms. The van der Waals surface area contributed by atoms with Gasteiger partial charge in [-0.05, 0) is 10.8 Å². The summed E-state index contributed by atoms with van der Waals surface area (Å²) in [6, 6.07) is 0. The van der Waals surface area contributed by atoms with E-state index in [9.17, 15) is 9.59 Å². The van der Waals surface area contributed by atoms with Crippen LogP contribution in [0.15, 0.2) is 0 Å². The number of aliphatic carboxylic acids is 1. The third kappa shape index (κ3) is 1.74. The first-order chi connectivity index (χ1) is 7.68. The summed E-state index contributed by atoms with van der Waals surface area (Å²) in [5.41, 5.74) is 0.143. The van der Waals surface area contributed by atoms with E-state index in [4.69, 9.17) is 5.11 Å². The van der Waals surface area contributed by atoms with Crippen LogP contribution in [0.1, 0.15) is 34.1 Å². The number of hydrogen-bond acceptors (Lipinski definition) is 2. The Kier molecular flexibility index (Phi) is 2.53. The Morgan fingerprint density at radius 2 is 1.65 bits per heavy atom. The van der Waals surface area contributed by atoms with Crippen molar-refractivity contribution in [1.82, 2.24) is 4.90 Å². The number of hydrogen-bond donors (Lipinski definition) is 1. The van der Waals surface area contributed by atoms with E-state index in [1.165, 1.54) is 0 Å². The summed E-state index contributed by atoms with van der Waals surface area (Å²) in [6.45, 7) is 9.75. The van der Waals surface area contributed by atoms with E-state index in [0.29, 0.717) is 13.1 Å². The molecule has 0 radical (unpaired) electrons. The van der Waals surface area contributed by atoms with Crippen LogP contribution < -0.4 is 0 Å². The molecule has 2 rings (SSSR count). The van der Waals surface area contributed by atoms with Gasteiger partial charge >= 0.3 is 5.97 Å². The number of nitrogens with zero attached hydrogens (tertiary/aromatic N) is 1. The van der Waals surface area contributed by atoms with Crippen LogP contribution in [-0.4, -0.2) is 35.0 Å². The molecule has 1 saturated heterocycles. The first kappa shape index (κ1) is 12.4. The van der Waals surface area contributed by atoms with Gasteiger partial charge in [-0.2, -0.15) is 0 Å². The quantitative estimate of drug-likeness (QED) is 0.814. The molecule has 4 heteroatoms. The normalized spacial score (nSPS) is 26.5. The predicted molar refractivity (Wildman–Crippen MR) is 63.4 cm³/mol. The van der Waals surface area contributed by atoms with E-state index < -0.39 is 5.97 Å². The van der Waals surface area contributed by atoms with Crippen LogP contribution in [0, 0.1) is 22.7 Å². The summed E-state index contributed by atoms with van der Waals surface area (Å²) in [4.78, 5) is 24.6. The number of carbonyl (C=O) groups excluding carboxylic acids is 1. The summed E-state index contributed by atoms with van der Waals surface area (Å²) in [7, 11) is 0. The molecule has 1 aliphatic carbocycles. The fraction of sp³-hybridized carbons (Fsp3) is 0.846. The van der Waals surface area contributed by atoms with Gasteiger partial charge in [0.15, 0.2) is 0 Å². The van der Waals surface area contributed by atoms with Crippen LogP contribution >= 0.6 is 0 Å². The Bertz CT molecular complexity index is 353. The van der Waals surface area contributed by atoms with Crippen molar-refractivity contribution in [1.29, 1.82) is 0 Å². The SMILES string of the molecule is CC1(C)C(C(=O)N2CC(CC(=O)O)C2)C1(C)C. The van der Waals surface area contributed by atoms with Crippen molar-refractivity contribution in [2.24, 2.45) is 22.7 Å². The van der Waals surface area contributed by atoms with E-state index in [-0.39, 0.29) is 35.0 Å². The molecule has 2 fully saturated rings. The summed E-state index contributed by atoms with van der Waals surface area (Å²) < 4.78 is 0. The van der Waals surface area contributed by atoms with Gasteiger partial charge in [0.05, 0.1) is 6.42 Å². The first-order valence-electron chi connectivity index (χ1n) is 6.18. The maximum Gasteiger partial charge on any atom is 0.303 e. The lowest BCUT2D eigenvalue weighted by Crippen LogP contribution is -2.51. The zero-order valence-electron chi connectivity index (χ0n) is 11.0. The minimum absolute atomic E-state index is 0.0714. The number of carboxylic acid groups (broad SMARTS) is 1. The van der Waals surface area contributed by atoms with Gasteiger partial charge < -0.3 is 10.0 Å². The second-order valence-electron chi connectivity index (χ2n) is 6.58. The van der Waals surface area contributed by atoms with Crippen molar-refractivity contribution in [2.45, 2.75) is 34.1 Å². The zero-order chi connectivity index (χ0) is 13.0. The Hall–Kier alpha value is -1.06. The fourth-order valence-corrected chi connectivity index (χ4v) is 3.12. The van der Waals surface area contributed by atoms with Gasteiger partial charge in [-0.25, -0.2) is 0 Å². The molecule has 1 aliphatic heterocycles. The lowest BCUT2D eigenvalue weighted by molar-refractivity contribution is -0.146. The largest absolute Gasteiger partial charge is 0.481 e. The molecule has 1 saturated carbocycles. The average molecular weight is 239 g/mol. The number of carbonyl (C=O) groups is 2. The highest BCUT2D eigenvalue weighted by Gasteiger charge is 2.69.